The number of Topliss-reactive ketones (excluding diaryl/α,β-unsaturated/α-hetero) is 1. The molecule has 2 amide bonds. The second-order valence-corrected chi connectivity index (χ2v) is 5.17. The van der Waals surface area contributed by atoms with Gasteiger partial charge in [0.2, 0.25) is 11.8 Å². The van der Waals surface area contributed by atoms with Crippen molar-refractivity contribution < 1.29 is 14.4 Å². The quantitative estimate of drug-likeness (QED) is 0.788. The molecular formula is C14H24N2O3. The van der Waals surface area contributed by atoms with Crippen LogP contribution >= 0.6 is 0 Å². The standard InChI is InChI=1S/C14H24N2O3/c1-3-4-13(18)15-12-7-9-16(10-8-12)14(19)6-5-11(2)17/h12H,3-10H2,1-2H3,(H,15,18). The summed E-state index contributed by atoms with van der Waals surface area (Å²) in [6.45, 7) is 4.83. The Hall–Kier alpha value is -1.39. The Morgan fingerprint density at radius 2 is 1.74 bits per heavy atom. The SMILES string of the molecule is CCCC(=O)NC1CCN(C(=O)CCC(C)=O)CC1. The van der Waals surface area contributed by atoms with E-state index in [0.717, 1.165) is 19.3 Å². The van der Waals surface area contributed by atoms with Crippen LogP contribution in [-0.4, -0.2) is 41.6 Å². The first-order valence-electron chi connectivity index (χ1n) is 7.09. The van der Waals surface area contributed by atoms with E-state index in [1.165, 1.54) is 6.92 Å². The van der Waals surface area contributed by atoms with Gasteiger partial charge in [-0.3, -0.25) is 9.59 Å². The van der Waals surface area contributed by atoms with E-state index in [-0.39, 0.29) is 23.6 Å². The fourth-order valence-electron chi connectivity index (χ4n) is 2.24. The maximum absolute atomic E-state index is 11.8. The van der Waals surface area contributed by atoms with Gasteiger partial charge in [0.15, 0.2) is 0 Å². The number of hydrogen-bond acceptors (Lipinski definition) is 3. The Labute approximate surface area is 114 Å². The molecule has 0 aromatic carbocycles. The topological polar surface area (TPSA) is 66.5 Å². The predicted octanol–water partition coefficient (Wildman–Crippen LogP) is 1.26. The van der Waals surface area contributed by atoms with Crippen LogP contribution in [0.15, 0.2) is 0 Å². The molecule has 0 unspecified atom stereocenters. The first-order valence-corrected chi connectivity index (χ1v) is 7.09. The lowest BCUT2D eigenvalue weighted by Gasteiger charge is -2.32. The number of nitrogens with one attached hydrogen (secondary N) is 1. The second kappa shape index (κ2) is 7.92. The third-order valence-electron chi connectivity index (χ3n) is 3.38. The van der Waals surface area contributed by atoms with Gasteiger partial charge in [-0.2, -0.15) is 0 Å². The van der Waals surface area contributed by atoms with Gasteiger partial charge in [-0.15, -0.1) is 0 Å². The van der Waals surface area contributed by atoms with Crippen LogP contribution in [0.25, 0.3) is 0 Å². The van der Waals surface area contributed by atoms with Crippen LogP contribution in [0.2, 0.25) is 0 Å². The van der Waals surface area contributed by atoms with E-state index in [4.69, 9.17) is 0 Å². The van der Waals surface area contributed by atoms with Crippen molar-refractivity contribution in [2.45, 2.75) is 58.4 Å². The normalized spacial score (nSPS) is 16.2. The molecule has 0 aromatic rings. The number of carbonyl (C=O) groups excluding carboxylic acids is 3. The Morgan fingerprint density at radius 3 is 2.26 bits per heavy atom. The van der Waals surface area contributed by atoms with E-state index in [1.54, 1.807) is 4.90 Å². The molecule has 0 saturated carbocycles. The number of nitrogens with zero attached hydrogens (tertiary/aromatic N) is 1. The summed E-state index contributed by atoms with van der Waals surface area (Å²) in [4.78, 5) is 35.9. The van der Waals surface area contributed by atoms with Crippen LogP contribution in [0.4, 0.5) is 0 Å². The zero-order valence-electron chi connectivity index (χ0n) is 11.9. The highest BCUT2D eigenvalue weighted by Crippen LogP contribution is 2.12. The summed E-state index contributed by atoms with van der Waals surface area (Å²) in [5.41, 5.74) is 0. The Balaban J connectivity index is 2.26. The van der Waals surface area contributed by atoms with Gasteiger partial charge in [0.05, 0.1) is 0 Å². The molecular weight excluding hydrogens is 244 g/mol. The van der Waals surface area contributed by atoms with Gasteiger partial charge in [0, 0.05) is 38.4 Å². The average molecular weight is 268 g/mol. The highest BCUT2D eigenvalue weighted by molar-refractivity contribution is 5.83. The molecule has 0 bridgehead atoms. The van der Waals surface area contributed by atoms with Gasteiger partial charge in [-0.05, 0) is 26.2 Å². The molecule has 1 saturated heterocycles. The smallest absolute Gasteiger partial charge is 0.223 e. The molecule has 1 rings (SSSR count). The maximum atomic E-state index is 11.8. The van der Waals surface area contributed by atoms with Gasteiger partial charge in [-0.25, -0.2) is 0 Å². The number of likely N-dealkylation sites (tertiary alicyclic amines) is 1. The van der Waals surface area contributed by atoms with Gasteiger partial charge in [0.25, 0.3) is 0 Å². The summed E-state index contributed by atoms with van der Waals surface area (Å²) in [6.07, 6.45) is 3.67. The molecule has 1 fully saturated rings. The van der Waals surface area contributed by atoms with E-state index in [0.29, 0.717) is 32.4 Å². The average Bonchev–Trinajstić information content (AvgIpc) is 2.37. The lowest BCUT2D eigenvalue weighted by molar-refractivity contribution is -0.134. The van der Waals surface area contributed by atoms with E-state index >= 15 is 0 Å². The number of hydrogen-bond donors (Lipinski definition) is 1. The molecule has 1 heterocycles. The van der Waals surface area contributed by atoms with E-state index in [2.05, 4.69) is 5.32 Å². The first kappa shape index (κ1) is 15.7. The largest absolute Gasteiger partial charge is 0.353 e. The summed E-state index contributed by atoms with van der Waals surface area (Å²) in [7, 11) is 0. The van der Waals surface area contributed by atoms with Crippen molar-refractivity contribution >= 4 is 17.6 Å². The second-order valence-electron chi connectivity index (χ2n) is 5.17. The molecule has 5 nitrogen and oxygen atoms in total. The van der Waals surface area contributed by atoms with Crippen LogP contribution in [0.3, 0.4) is 0 Å². The molecule has 108 valence electrons. The van der Waals surface area contributed by atoms with Crippen LogP contribution in [0.1, 0.15) is 52.4 Å². The summed E-state index contributed by atoms with van der Waals surface area (Å²) < 4.78 is 0. The number of amides is 2. The van der Waals surface area contributed by atoms with Crippen molar-refractivity contribution in [1.82, 2.24) is 10.2 Å². The number of ketones is 1. The molecule has 1 aliphatic heterocycles. The minimum absolute atomic E-state index is 0.0496. The van der Waals surface area contributed by atoms with Crippen LogP contribution in [0, 0.1) is 0 Å². The van der Waals surface area contributed by atoms with Gasteiger partial charge in [-0.1, -0.05) is 6.92 Å². The Bertz CT molecular complexity index is 334. The molecule has 0 aromatic heterocycles. The number of carbonyl (C=O) groups is 3. The van der Waals surface area contributed by atoms with Crippen molar-refractivity contribution in [3.63, 3.8) is 0 Å². The molecule has 0 spiro atoms. The fourth-order valence-corrected chi connectivity index (χ4v) is 2.24. The third-order valence-corrected chi connectivity index (χ3v) is 3.38. The molecule has 1 aliphatic rings. The summed E-state index contributed by atoms with van der Waals surface area (Å²) in [6, 6.07) is 0.191. The van der Waals surface area contributed by atoms with E-state index < -0.39 is 0 Å². The number of rotatable bonds is 6. The third kappa shape index (κ3) is 5.85. The molecule has 1 N–H and O–H groups in total. The lowest BCUT2D eigenvalue weighted by atomic mass is 10.0. The predicted molar refractivity (Wildman–Crippen MR) is 72.6 cm³/mol. The van der Waals surface area contributed by atoms with Crippen molar-refractivity contribution in [1.29, 1.82) is 0 Å². The fraction of sp³-hybridized carbons (Fsp3) is 0.786. The molecule has 5 heteroatoms. The van der Waals surface area contributed by atoms with Gasteiger partial charge >= 0.3 is 0 Å². The Kier molecular flexibility index (Phi) is 6.53. The lowest BCUT2D eigenvalue weighted by Crippen LogP contribution is -2.46. The zero-order chi connectivity index (χ0) is 14.3. The summed E-state index contributed by atoms with van der Waals surface area (Å²) >= 11 is 0. The van der Waals surface area contributed by atoms with Crippen LogP contribution < -0.4 is 5.32 Å². The Morgan fingerprint density at radius 1 is 1.11 bits per heavy atom. The molecule has 0 aliphatic carbocycles. The molecule has 0 radical (unpaired) electrons. The molecule has 19 heavy (non-hydrogen) atoms. The van der Waals surface area contributed by atoms with Crippen molar-refractivity contribution in [3.8, 4) is 0 Å². The van der Waals surface area contributed by atoms with Crippen LogP contribution in [0.5, 0.6) is 0 Å². The van der Waals surface area contributed by atoms with Crippen LogP contribution in [-0.2, 0) is 14.4 Å². The van der Waals surface area contributed by atoms with Crippen molar-refractivity contribution in [2.24, 2.45) is 0 Å². The van der Waals surface area contributed by atoms with Crippen molar-refractivity contribution in [2.75, 3.05) is 13.1 Å². The maximum Gasteiger partial charge on any atom is 0.223 e. The zero-order valence-corrected chi connectivity index (χ0v) is 11.9. The minimum atomic E-state index is 0.0496. The van der Waals surface area contributed by atoms with E-state index in [9.17, 15) is 14.4 Å². The number of piperidine rings is 1. The monoisotopic (exact) mass is 268 g/mol. The van der Waals surface area contributed by atoms with Gasteiger partial charge in [0.1, 0.15) is 5.78 Å². The summed E-state index contributed by atoms with van der Waals surface area (Å²) in [5, 5.41) is 3.00. The summed E-state index contributed by atoms with van der Waals surface area (Å²) in [5.74, 6) is 0.201. The highest BCUT2D eigenvalue weighted by Gasteiger charge is 2.23. The first-order chi connectivity index (χ1) is 9.02. The van der Waals surface area contributed by atoms with Crippen molar-refractivity contribution in [3.05, 3.63) is 0 Å². The van der Waals surface area contributed by atoms with Gasteiger partial charge < -0.3 is 15.0 Å². The van der Waals surface area contributed by atoms with E-state index in [1.807, 2.05) is 6.92 Å². The molecule has 0 atom stereocenters. The highest BCUT2D eigenvalue weighted by atomic mass is 16.2. The minimum Gasteiger partial charge on any atom is -0.353 e.